The van der Waals surface area contributed by atoms with Crippen LogP contribution in [-0.4, -0.2) is 154 Å². The zero-order valence-corrected chi connectivity index (χ0v) is 44.1. The Bertz CT molecular complexity index is 2960. The van der Waals surface area contributed by atoms with E-state index >= 15 is 0 Å². The molecule has 0 radical (unpaired) electrons. The lowest BCUT2D eigenvalue weighted by atomic mass is 9.73. The van der Waals surface area contributed by atoms with Crippen molar-refractivity contribution in [3.05, 3.63) is 93.6 Å². The Labute approximate surface area is 454 Å². The Morgan fingerprint density at radius 3 is 2.28 bits per heavy atom. The van der Waals surface area contributed by atoms with Gasteiger partial charge in [0.2, 0.25) is 17.7 Å². The van der Waals surface area contributed by atoms with E-state index in [1.165, 1.54) is 37.3 Å². The quantitative estimate of drug-likeness (QED) is 0.0402. The molecule has 0 unspecified atom stereocenters. The summed E-state index contributed by atoms with van der Waals surface area (Å²) < 4.78 is 30.2. The molecule has 3 saturated heterocycles. The molecule has 3 fully saturated rings. The van der Waals surface area contributed by atoms with Gasteiger partial charge in [0.25, 0.3) is 11.8 Å². The van der Waals surface area contributed by atoms with Crippen LogP contribution in [0.5, 0.6) is 11.5 Å². The minimum Gasteiger partial charge on any atom is -0.507 e. The SMILES string of the molecule is CC(C)[C@H](NC(=O)CCCCCN1C(=O)C=CC1=O)C(=O)N[C@@H](C)C(=O)Nc1ccc(COC(=O)Nc2cccc3c2C(=O)c2c(O)c4c(c(O)c2C3=O)C[C@@H](C(=O)CO)C[C@@H]4O[C@H]2C[C@H]3[C@H](O[C@@H]4COCCN43)[C@H](C)O2)cc1. The second-order valence-corrected chi connectivity index (χ2v) is 20.9. The van der Waals surface area contributed by atoms with Gasteiger partial charge in [-0.1, -0.05) is 44.5 Å². The fraction of sp³-hybridized carbons (Fsp3) is 0.482. The van der Waals surface area contributed by atoms with Gasteiger partial charge in [-0.3, -0.25) is 53.5 Å². The number of nitrogens with one attached hydrogen (secondary N) is 4. The standard InChI is InChI=1S/C56H64N6O17/c1-27(2)48(60-39(65)11-6-5-7-18-62-40(66)16-17-41(62)67)55(73)57-28(3)54(72)58-32-14-12-30(13-15-32)25-76-56(74)59-35-10-8-9-33-44(35)51(70)47-46(49(33)68)50(69)34-21-31(37(64)24-63)22-38(45(34)52(47)71)78-43-23-36-53(29(4)77-43)79-42-26-75-20-19-61(36)42/h8-10,12-17,27-29,31,36,38,42-43,48,53,63,69,71H,5-7,11,18-26H2,1-4H3,(H,57,73)(H,58,72)(H,59,74)(H,60,65)/t28-,29-,31+,36-,38-,42+,43-,48-,53+/m0/s1. The van der Waals surface area contributed by atoms with Crippen molar-refractivity contribution < 1.29 is 82.2 Å². The molecule has 7 N–H and O–H groups in total. The molecule has 3 aromatic rings. The molecular formula is C56H64N6O17. The molecule has 9 atom stereocenters. The molecular weight excluding hydrogens is 1030 g/mol. The number of aromatic hydroxyl groups is 2. The van der Waals surface area contributed by atoms with E-state index in [-0.39, 0.29) is 102 Å². The van der Waals surface area contributed by atoms with Crippen LogP contribution in [0.3, 0.4) is 0 Å². The van der Waals surface area contributed by atoms with Gasteiger partial charge in [0.15, 0.2) is 23.6 Å². The number of imide groups is 1. The van der Waals surface area contributed by atoms with Crippen LogP contribution in [-0.2, 0) is 65.5 Å². The minimum atomic E-state index is -1.14. The summed E-state index contributed by atoms with van der Waals surface area (Å²) in [5, 5.41) is 44.6. The third kappa shape index (κ3) is 11.8. The van der Waals surface area contributed by atoms with Crippen molar-refractivity contribution in [3.8, 4) is 11.5 Å². The first kappa shape index (κ1) is 56.3. The number of benzene rings is 3. The van der Waals surface area contributed by atoms with Crippen LogP contribution < -0.4 is 21.3 Å². The van der Waals surface area contributed by atoms with Crippen molar-refractivity contribution in [1.29, 1.82) is 0 Å². The van der Waals surface area contributed by atoms with Gasteiger partial charge >= 0.3 is 6.09 Å². The summed E-state index contributed by atoms with van der Waals surface area (Å²) in [6.07, 6.45) is 0.297. The number of morpholine rings is 1. The number of Topliss-reactive ketones (excluding diaryl/α,β-unsaturated/α-hetero) is 1. The number of hydrogen-bond acceptors (Lipinski definition) is 18. The van der Waals surface area contributed by atoms with Crippen molar-refractivity contribution in [2.24, 2.45) is 11.8 Å². The zero-order valence-electron chi connectivity index (χ0n) is 44.1. The zero-order chi connectivity index (χ0) is 56.4. The number of phenolic OH excluding ortho intramolecular Hbond substituents is 2. The second-order valence-electron chi connectivity index (χ2n) is 20.9. The van der Waals surface area contributed by atoms with Crippen LogP contribution in [0.25, 0.3) is 0 Å². The van der Waals surface area contributed by atoms with E-state index in [1.807, 2.05) is 6.92 Å². The number of rotatable bonds is 19. The average molecular weight is 1090 g/mol. The maximum atomic E-state index is 14.6. The van der Waals surface area contributed by atoms with Crippen molar-refractivity contribution in [3.63, 3.8) is 0 Å². The third-order valence-electron chi connectivity index (χ3n) is 15.3. The maximum Gasteiger partial charge on any atom is 0.411 e. The topological polar surface area (TPSA) is 315 Å². The molecule has 9 rings (SSSR count). The van der Waals surface area contributed by atoms with Crippen molar-refractivity contribution in [1.82, 2.24) is 20.4 Å². The van der Waals surface area contributed by atoms with Gasteiger partial charge in [0.05, 0.1) is 47.8 Å². The molecule has 4 heterocycles. The van der Waals surface area contributed by atoms with Crippen LogP contribution in [0.2, 0.25) is 0 Å². The number of carbonyl (C=O) groups excluding carboxylic acids is 9. The molecule has 23 heteroatoms. The monoisotopic (exact) mass is 1090 g/mol. The number of ether oxygens (including phenoxy) is 5. The van der Waals surface area contributed by atoms with E-state index in [0.29, 0.717) is 56.7 Å². The number of amides is 6. The molecule has 79 heavy (non-hydrogen) atoms. The first-order valence-corrected chi connectivity index (χ1v) is 26.6. The van der Waals surface area contributed by atoms with Crippen LogP contribution >= 0.6 is 0 Å². The number of fused-ring (bicyclic) bond motifs is 6. The second kappa shape index (κ2) is 23.9. The summed E-state index contributed by atoms with van der Waals surface area (Å²) in [7, 11) is 0. The number of hydrogen-bond donors (Lipinski definition) is 7. The first-order valence-electron chi connectivity index (χ1n) is 26.6. The minimum absolute atomic E-state index is 0.00333. The number of anilines is 2. The number of unbranched alkanes of at least 4 members (excludes halogenated alkanes) is 2. The number of carbonyl (C=O) groups is 9. The molecule has 23 nitrogen and oxygen atoms in total. The molecule has 3 aromatic carbocycles. The largest absolute Gasteiger partial charge is 0.507 e. The molecule has 0 aromatic heterocycles. The number of aliphatic hydroxyl groups is 1. The lowest BCUT2D eigenvalue weighted by Gasteiger charge is -2.41. The molecule has 6 aliphatic rings. The van der Waals surface area contributed by atoms with Crippen LogP contribution in [0.1, 0.15) is 121 Å². The number of nitrogens with zero attached hydrogens (tertiary/aromatic N) is 2. The highest BCUT2D eigenvalue weighted by atomic mass is 16.7. The fourth-order valence-electron chi connectivity index (χ4n) is 11.2. The van der Waals surface area contributed by atoms with Crippen molar-refractivity contribution in [2.45, 2.75) is 128 Å². The summed E-state index contributed by atoms with van der Waals surface area (Å²) in [6, 6.07) is 8.36. The average Bonchev–Trinajstić information content (AvgIpc) is 4.13. The Kier molecular flexibility index (Phi) is 17.0. The summed E-state index contributed by atoms with van der Waals surface area (Å²) in [4.78, 5) is 121. The first-order chi connectivity index (χ1) is 37.8. The molecule has 420 valence electrons. The highest BCUT2D eigenvalue weighted by Gasteiger charge is 2.52. The Morgan fingerprint density at radius 2 is 1.56 bits per heavy atom. The van der Waals surface area contributed by atoms with Gasteiger partial charge in [0.1, 0.15) is 49.1 Å². The van der Waals surface area contributed by atoms with E-state index in [4.69, 9.17) is 23.7 Å². The van der Waals surface area contributed by atoms with Crippen molar-refractivity contribution >= 4 is 64.4 Å². The van der Waals surface area contributed by atoms with E-state index < -0.39 is 101 Å². The van der Waals surface area contributed by atoms with Gasteiger partial charge < -0.3 is 55.0 Å². The molecule has 6 amide bonds. The smallest absolute Gasteiger partial charge is 0.411 e. The Morgan fingerprint density at radius 1 is 0.823 bits per heavy atom. The number of phenols is 2. The molecule has 0 spiro atoms. The van der Waals surface area contributed by atoms with Gasteiger partial charge in [-0.25, -0.2) is 4.79 Å². The van der Waals surface area contributed by atoms with Gasteiger partial charge in [-0.05, 0) is 69.2 Å². The van der Waals surface area contributed by atoms with Crippen LogP contribution in [0.15, 0.2) is 54.6 Å². The highest BCUT2D eigenvalue weighted by Crippen LogP contribution is 2.52. The molecule has 4 aliphatic heterocycles. The van der Waals surface area contributed by atoms with Gasteiger partial charge in [-0.2, -0.15) is 0 Å². The number of ketones is 3. The summed E-state index contributed by atoms with van der Waals surface area (Å²) >= 11 is 0. The molecule has 2 aliphatic carbocycles. The van der Waals surface area contributed by atoms with E-state index in [1.54, 1.807) is 38.1 Å². The van der Waals surface area contributed by atoms with E-state index in [2.05, 4.69) is 26.2 Å². The summed E-state index contributed by atoms with van der Waals surface area (Å²) in [6.45, 7) is 7.59. The highest BCUT2D eigenvalue weighted by molar-refractivity contribution is 6.32. The molecule has 0 saturated carbocycles. The van der Waals surface area contributed by atoms with Gasteiger partial charge in [-0.15, -0.1) is 0 Å². The van der Waals surface area contributed by atoms with E-state index in [9.17, 15) is 58.5 Å². The predicted molar refractivity (Wildman–Crippen MR) is 277 cm³/mol. The number of aliphatic hydroxyl groups excluding tert-OH is 1. The third-order valence-corrected chi connectivity index (χ3v) is 15.3. The van der Waals surface area contributed by atoms with Crippen LogP contribution in [0, 0.1) is 11.8 Å². The lowest BCUT2D eigenvalue weighted by Crippen LogP contribution is -2.53. The van der Waals surface area contributed by atoms with E-state index in [0.717, 1.165) is 4.90 Å². The summed E-state index contributed by atoms with van der Waals surface area (Å²) in [5.74, 6) is -6.91. The molecule has 0 bridgehead atoms. The van der Waals surface area contributed by atoms with Crippen LogP contribution in [0.4, 0.5) is 16.2 Å². The normalized spacial score (nSPS) is 23.9. The lowest BCUT2D eigenvalue weighted by molar-refractivity contribution is -0.243. The van der Waals surface area contributed by atoms with Crippen molar-refractivity contribution in [2.75, 3.05) is 43.5 Å². The maximum absolute atomic E-state index is 14.6. The Balaban J connectivity index is 0.803. The summed E-state index contributed by atoms with van der Waals surface area (Å²) in [5.41, 5.74) is -0.708. The van der Waals surface area contributed by atoms with Gasteiger partial charge in [0, 0.05) is 72.4 Å². The predicted octanol–water partition coefficient (Wildman–Crippen LogP) is 3.43. The Hall–Kier alpha value is -7.41. The fourth-order valence-corrected chi connectivity index (χ4v) is 11.2.